The van der Waals surface area contributed by atoms with Crippen molar-refractivity contribution in [3.8, 4) is 0 Å². The van der Waals surface area contributed by atoms with Gasteiger partial charge in [-0.2, -0.15) is 0 Å². The van der Waals surface area contributed by atoms with Crippen molar-refractivity contribution in [3.63, 3.8) is 0 Å². The van der Waals surface area contributed by atoms with Crippen LogP contribution in [0.5, 0.6) is 0 Å². The maximum atomic E-state index is 13.3. The van der Waals surface area contributed by atoms with E-state index in [-0.39, 0.29) is 12.1 Å². The summed E-state index contributed by atoms with van der Waals surface area (Å²) in [4.78, 5) is 26.0. The second-order valence-electron chi connectivity index (χ2n) is 5.04. The maximum absolute atomic E-state index is 13.3. The van der Waals surface area contributed by atoms with Gasteiger partial charge >= 0.3 is 5.97 Å². The molecule has 6 nitrogen and oxygen atoms in total. The highest BCUT2D eigenvalue weighted by Crippen LogP contribution is 2.22. The lowest BCUT2D eigenvalue weighted by Crippen LogP contribution is -2.34. The number of benzene rings is 1. The number of hydrogen-bond acceptors (Lipinski definition) is 4. The summed E-state index contributed by atoms with van der Waals surface area (Å²) in [5, 5.41) is 8.83. The molecular formula is C14H18FN3O3. The van der Waals surface area contributed by atoms with Gasteiger partial charge in [-0.1, -0.05) is 0 Å². The highest BCUT2D eigenvalue weighted by atomic mass is 19.1. The quantitative estimate of drug-likeness (QED) is 0.845. The number of halogens is 1. The molecule has 0 spiro atoms. The zero-order valence-electron chi connectivity index (χ0n) is 11.6. The normalized spacial score (nSPS) is 16.5. The number of carbonyl (C=O) groups is 2. The van der Waals surface area contributed by atoms with Crippen LogP contribution >= 0.6 is 0 Å². The lowest BCUT2D eigenvalue weighted by molar-refractivity contribution is -0.138. The first-order chi connectivity index (χ1) is 9.97. The van der Waals surface area contributed by atoms with Gasteiger partial charge in [-0.25, -0.2) is 4.39 Å². The van der Waals surface area contributed by atoms with Crippen LogP contribution in [0.25, 0.3) is 0 Å². The number of primary amides is 1. The highest BCUT2D eigenvalue weighted by molar-refractivity contribution is 5.98. The van der Waals surface area contributed by atoms with E-state index < -0.39 is 17.7 Å². The Hall–Kier alpha value is -2.15. The van der Waals surface area contributed by atoms with Crippen molar-refractivity contribution in [1.29, 1.82) is 0 Å². The van der Waals surface area contributed by atoms with Crippen LogP contribution in [-0.4, -0.2) is 54.6 Å². The van der Waals surface area contributed by atoms with Crippen LogP contribution in [0.1, 0.15) is 16.8 Å². The molecule has 0 bridgehead atoms. The summed E-state index contributed by atoms with van der Waals surface area (Å²) in [7, 11) is 0. The van der Waals surface area contributed by atoms with Crippen molar-refractivity contribution in [2.45, 2.75) is 6.42 Å². The fourth-order valence-electron chi connectivity index (χ4n) is 2.54. The molecule has 0 aliphatic carbocycles. The summed E-state index contributed by atoms with van der Waals surface area (Å²) < 4.78 is 13.3. The van der Waals surface area contributed by atoms with E-state index in [1.54, 1.807) is 6.07 Å². The molecule has 1 fully saturated rings. The predicted molar refractivity (Wildman–Crippen MR) is 75.8 cm³/mol. The Morgan fingerprint density at radius 2 is 2.00 bits per heavy atom. The molecule has 2 rings (SSSR count). The number of carboxylic acids is 1. The van der Waals surface area contributed by atoms with E-state index in [2.05, 4.69) is 0 Å². The molecule has 7 heteroatoms. The van der Waals surface area contributed by atoms with Crippen molar-refractivity contribution >= 4 is 17.6 Å². The van der Waals surface area contributed by atoms with Crippen LogP contribution in [0.2, 0.25) is 0 Å². The third-order valence-electron chi connectivity index (χ3n) is 3.51. The zero-order chi connectivity index (χ0) is 15.4. The standard InChI is InChI=1S/C14H18FN3O3/c15-10-2-3-12(11(8-10)14(16)21)18-5-1-4-17(6-7-18)9-13(19)20/h2-3,8H,1,4-7,9H2,(H2,16,21)(H,19,20). The van der Waals surface area contributed by atoms with Crippen molar-refractivity contribution in [1.82, 2.24) is 4.90 Å². The Morgan fingerprint density at radius 3 is 2.67 bits per heavy atom. The largest absolute Gasteiger partial charge is 0.480 e. The molecule has 1 saturated heterocycles. The van der Waals surface area contributed by atoms with E-state index in [4.69, 9.17) is 10.8 Å². The van der Waals surface area contributed by atoms with Gasteiger partial charge in [0.1, 0.15) is 5.82 Å². The monoisotopic (exact) mass is 295 g/mol. The summed E-state index contributed by atoms with van der Waals surface area (Å²) in [5.74, 6) is -2.03. The average Bonchev–Trinajstić information content (AvgIpc) is 2.63. The van der Waals surface area contributed by atoms with Gasteiger partial charge in [-0.3, -0.25) is 14.5 Å². The molecule has 0 atom stereocenters. The smallest absolute Gasteiger partial charge is 0.317 e. The fraction of sp³-hybridized carbons (Fsp3) is 0.429. The van der Waals surface area contributed by atoms with Crippen LogP contribution in [0, 0.1) is 5.82 Å². The number of amides is 1. The van der Waals surface area contributed by atoms with Crippen molar-refractivity contribution in [2.24, 2.45) is 5.73 Å². The molecule has 0 unspecified atom stereocenters. The Labute approximate surface area is 121 Å². The Balaban J connectivity index is 2.15. The summed E-state index contributed by atoms with van der Waals surface area (Å²) in [6.45, 7) is 2.49. The number of hydrogen-bond donors (Lipinski definition) is 2. The predicted octanol–water partition coefficient (Wildman–Crippen LogP) is 0.521. The molecule has 1 aromatic carbocycles. The van der Waals surface area contributed by atoms with Crippen LogP contribution < -0.4 is 10.6 Å². The van der Waals surface area contributed by atoms with E-state index in [9.17, 15) is 14.0 Å². The first kappa shape index (κ1) is 15.2. The van der Waals surface area contributed by atoms with Gasteiger partial charge in [0.05, 0.1) is 12.1 Å². The minimum absolute atomic E-state index is 0.0000651. The molecule has 21 heavy (non-hydrogen) atoms. The summed E-state index contributed by atoms with van der Waals surface area (Å²) in [6.07, 6.45) is 0.767. The second kappa shape index (κ2) is 6.53. The Kier molecular flexibility index (Phi) is 4.74. The zero-order valence-corrected chi connectivity index (χ0v) is 11.6. The Morgan fingerprint density at radius 1 is 1.24 bits per heavy atom. The third kappa shape index (κ3) is 3.91. The number of nitrogens with zero attached hydrogens (tertiary/aromatic N) is 2. The maximum Gasteiger partial charge on any atom is 0.317 e. The average molecular weight is 295 g/mol. The molecule has 114 valence electrons. The summed E-state index contributed by atoms with van der Waals surface area (Å²) in [5.41, 5.74) is 6.05. The number of rotatable bonds is 4. The van der Waals surface area contributed by atoms with Gasteiger partial charge < -0.3 is 15.7 Å². The van der Waals surface area contributed by atoms with Crippen LogP contribution in [0.4, 0.5) is 10.1 Å². The van der Waals surface area contributed by atoms with Gasteiger partial charge in [-0.05, 0) is 24.6 Å². The SMILES string of the molecule is NC(=O)c1cc(F)ccc1N1CCCN(CC(=O)O)CC1. The lowest BCUT2D eigenvalue weighted by atomic mass is 10.1. The molecule has 1 aliphatic rings. The molecule has 0 radical (unpaired) electrons. The van der Waals surface area contributed by atoms with Gasteiger partial charge in [0.2, 0.25) is 0 Å². The van der Waals surface area contributed by atoms with Crippen LogP contribution in [0.3, 0.4) is 0 Å². The molecule has 1 heterocycles. The topological polar surface area (TPSA) is 86.9 Å². The van der Waals surface area contributed by atoms with Gasteiger partial charge in [0.15, 0.2) is 0 Å². The fourth-order valence-corrected chi connectivity index (χ4v) is 2.54. The first-order valence-corrected chi connectivity index (χ1v) is 6.76. The summed E-state index contributed by atoms with van der Waals surface area (Å²) in [6, 6.07) is 3.97. The first-order valence-electron chi connectivity index (χ1n) is 6.76. The van der Waals surface area contributed by atoms with Gasteiger partial charge in [0, 0.05) is 31.9 Å². The van der Waals surface area contributed by atoms with Gasteiger partial charge in [0.25, 0.3) is 5.91 Å². The molecule has 0 saturated carbocycles. The van der Waals surface area contributed by atoms with Crippen LogP contribution in [-0.2, 0) is 4.79 Å². The number of nitrogens with two attached hydrogens (primary N) is 1. The van der Waals surface area contributed by atoms with E-state index in [1.807, 2.05) is 9.80 Å². The molecule has 0 aromatic heterocycles. The second-order valence-corrected chi connectivity index (χ2v) is 5.04. The van der Waals surface area contributed by atoms with E-state index in [1.165, 1.54) is 6.07 Å². The highest BCUT2D eigenvalue weighted by Gasteiger charge is 2.20. The van der Waals surface area contributed by atoms with Gasteiger partial charge in [-0.15, -0.1) is 0 Å². The minimum atomic E-state index is -0.858. The van der Waals surface area contributed by atoms with Crippen molar-refractivity contribution < 1.29 is 19.1 Å². The van der Waals surface area contributed by atoms with Crippen LogP contribution in [0.15, 0.2) is 18.2 Å². The minimum Gasteiger partial charge on any atom is -0.480 e. The molecule has 3 N–H and O–H groups in total. The molecular weight excluding hydrogens is 277 g/mol. The summed E-state index contributed by atoms with van der Waals surface area (Å²) >= 11 is 0. The number of carbonyl (C=O) groups excluding carboxylic acids is 1. The van der Waals surface area contributed by atoms with Crippen molar-refractivity contribution in [3.05, 3.63) is 29.6 Å². The van der Waals surface area contributed by atoms with E-state index >= 15 is 0 Å². The molecule has 1 aliphatic heterocycles. The number of carboxylic acid groups (broad SMARTS) is 1. The molecule has 1 aromatic rings. The lowest BCUT2D eigenvalue weighted by Gasteiger charge is -2.25. The van der Waals surface area contributed by atoms with Crippen molar-refractivity contribution in [2.75, 3.05) is 37.6 Å². The molecule has 1 amide bonds. The van der Waals surface area contributed by atoms with E-state index in [0.717, 1.165) is 12.5 Å². The number of anilines is 1. The third-order valence-corrected chi connectivity index (χ3v) is 3.51. The number of aliphatic carboxylic acids is 1. The Bertz CT molecular complexity index is 550. The van der Waals surface area contributed by atoms with E-state index in [0.29, 0.717) is 31.9 Å².